The van der Waals surface area contributed by atoms with E-state index in [1.165, 1.54) is 19.3 Å². The molecule has 0 unspecified atom stereocenters. The summed E-state index contributed by atoms with van der Waals surface area (Å²) in [6.45, 7) is 8.21. The van der Waals surface area contributed by atoms with Crippen LogP contribution in [0.5, 0.6) is 0 Å². The summed E-state index contributed by atoms with van der Waals surface area (Å²) in [5, 5.41) is 0. The van der Waals surface area contributed by atoms with Crippen LogP contribution in [0.1, 0.15) is 65.4 Å². The van der Waals surface area contributed by atoms with Gasteiger partial charge >= 0.3 is 0 Å². The van der Waals surface area contributed by atoms with Crippen LogP contribution in [0.25, 0.3) is 6.08 Å². The van der Waals surface area contributed by atoms with Crippen molar-refractivity contribution in [1.29, 1.82) is 0 Å². The van der Waals surface area contributed by atoms with Crippen molar-refractivity contribution in [2.24, 2.45) is 5.41 Å². The molecule has 0 saturated heterocycles. The van der Waals surface area contributed by atoms with E-state index in [1.807, 2.05) is 39.0 Å². The summed E-state index contributed by atoms with van der Waals surface area (Å²) in [5.74, 6) is 0.276. The molecule has 20 heavy (non-hydrogen) atoms. The smallest absolute Gasteiger partial charge is 0.164 e. The molecule has 110 valence electrons. The van der Waals surface area contributed by atoms with Crippen LogP contribution in [0.4, 0.5) is 0 Å². The molecule has 0 heterocycles. The fourth-order valence-corrected chi connectivity index (χ4v) is 2.23. The van der Waals surface area contributed by atoms with Gasteiger partial charge in [-0.2, -0.15) is 0 Å². The van der Waals surface area contributed by atoms with Crippen molar-refractivity contribution in [1.82, 2.24) is 0 Å². The second kappa shape index (κ2) is 8.04. The Hall–Kier alpha value is -1.37. The molecule has 0 saturated carbocycles. The van der Waals surface area contributed by atoms with Gasteiger partial charge < -0.3 is 0 Å². The summed E-state index contributed by atoms with van der Waals surface area (Å²) < 4.78 is 0. The highest BCUT2D eigenvalue weighted by molar-refractivity contribution is 6.02. The predicted octanol–water partition coefficient (Wildman–Crippen LogP) is 5.66. The second-order valence-electron chi connectivity index (χ2n) is 6.47. The average Bonchev–Trinajstić information content (AvgIpc) is 2.41. The van der Waals surface area contributed by atoms with E-state index in [2.05, 4.69) is 25.1 Å². The molecule has 1 aromatic rings. The summed E-state index contributed by atoms with van der Waals surface area (Å²) in [6.07, 6.45) is 7.76. The lowest BCUT2D eigenvalue weighted by molar-refractivity contribution is -0.122. The second-order valence-corrected chi connectivity index (χ2v) is 6.47. The molecule has 0 aliphatic carbocycles. The average molecular weight is 272 g/mol. The number of ketones is 1. The highest BCUT2D eigenvalue weighted by Crippen LogP contribution is 2.25. The molecule has 1 nitrogen and oxygen atoms in total. The third kappa shape index (κ3) is 5.73. The van der Waals surface area contributed by atoms with Crippen molar-refractivity contribution in [2.45, 2.75) is 59.8 Å². The van der Waals surface area contributed by atoms with Crippen molar-refractivity contribution in [3.05, 3.63) is 41.5 Å². The quantitative estimate of drug-likeness (QED) is 0.462. The van der Waals surface area contributed by atoms with E-state index in [1.54, 1.807) is 0 Å². The third-order valence-corrected chi connectivity index (χ3v) is 3.41. The summed E-state index contributed by atoms with van der Waals surface area (Å²) in [5.41, 5.74) is 1.79. The molecular weight excluding hydrogens is 244 g/mol. The molecule has 1 aromatic carbocycles. The zero-order valence-electron chi connectivity index (χ0n) is 13.4. The number of rotatable bonds is 7. The van der Waals surface area contributed by atoms with Gasteiger partial charge in [0.15, 0.2) is 5.78 Å². The highest BCUT2D eigenvalue weighted by Gasteiger charge is 2.24. The third-order valence-electron chi connectivity index (χ3n) is 3.41. The first-order chi connectivity index (χ1) is 9.45. The number of unbranched alkanes of at least 4 members (excludes halogenated alkanes) is 3. The van der Waals surface area contributed by atoms with Gasteiger partial charge in [0.05, 0.1) is 0 Å². The maximum Gasteiger partial charge on any atom is 0.164 e. The molecule has 0 atom stereocenters. The summed E-state index contributed by atoms with van der Waals surface area (Å²) in [4.78, 5) is 12.6. The van der Waals surface area contributed by atoms with E-state index in [0.29, 0.717) is 0 Å². The number of carbonyl (C=O) groups excluding carboxylic acids is 1. The maximum atomic E-state index is 12.6. The van der Waals surface area contributed by atoms with Gasteiger partial charge in [-0.25, -0.2) is 0 Å². The van der Waals surface area contributed by atoms with Crippen LogP contribution in [0, 0.1) is 5.41 Å². The largest absolute Gasteiger partial charge is 0.294 e. The van der Waals surface area contributed by atoms with E-state index in [0.717, 1.165) is 24.0 Å². The van der Waals surface area contributed by atoms with E-state index in [9.17, 15) is 4.79 Å². The Kier molecular flexibility index (Phi) is 6.70. The summed E-state index contributed by atoms with van der Waals surface area (Å²) >= 11 is 0. The Balaban J connectivity index is 2.84. The summed E-state index contributed by atoms with van der Waals surface area (Å²) in [6, 6.07) is 10.2. The number of benzene rings is 1. The van der Waals surface area contributed by atoms with Crippen molar-refractivity contribution < 1.29 is 4.79 Å². The molecule has 0 radical (unpaired) electrons. The van der Waals surface area contributed by atoms with Crippen molar-refractivity contribution in [3.63, 3.8) is 0 Å². The van der Waals surface area contributed by atoms with Gasteiger partial charge in [-0.15, -0.1) is 0 Å². The summed E-state index contributed by atoms with van der Waals surface area (Å²) in [7, 11) is 0. The number of hydrogen-bond donors (Lipinski definition) is 0. The molecule has 1 heteroatoms. The van der Waals surface area contributed by atoms with Crippen LogP contribution in [-0.2, 0) is 4.79 Å². The van der Waals surface area contributed by atoms with Gasteiger partial charge in [0.2, 0.25) is 0 Å². The predicted molar refractivity (Wildman–Crippen MR) is 87.6 cm³/mol. The number of Topliss-reactive ketones (excluding diaryl/α,β-unsaturated/α-hetero) is 1. The minimum Gasteiger partial charge on any atom is -0.294 e. The van der Waals surface area contributed by atoms with Gasteiger partial charge in [0.25, 0.3) is 0 Å². The molecule has 1 rings (SSSR count). The van der Waals surface area contributed by atoms with Crippen LogP contribution in [0.15, 0.2) is 35.9 Å². The van der Waals surface area contributed by atoms with E-state index < -0.39 is 0 Å². The molecule has 0 bridgehead atoms. The van der Waals surface area contributed by atoms with Gasteiger partial charge in [-0.05, 0) is 30.1 Å². The van der Waals surface area contributed by atoms with Gasteiger partial charge in [0, 0.05) is 5.41 Å². The zero-order valence-corrected chi connectivity index (χ0v) is 13.4. The topological polar surface area (TPSA) is 17.1 Å². The Labute approximate surface area is 124 Å². The van der Waals surface area contributed by atoms with E-state index >= 15 is 0 Å². The lowest BCUT2D eigenvalue weighted by Gasteiger charge is -2.19. The van der Waals surface area contributed by atoms with Crippen molar-refractivity contribution >= 4 is 11.9 Å². The molecule has 0 amide bonds. The molecule has 0 N–H and O–H groups in total. The first-order valence-corrected chi connectivity index (χ1v) is 7.75. The van der Waals surface area contributed by atoms with Crippen molar-refractivity contribution in [2.75, 3.05) is 0 Å². The minimum absolute atomic E-state index is 0.276. The molecule has 0 aromatic heterocycles. The fraction of sp³-hybridized carbons (Fsp3) is 0.526. The van der Waals surface area contributed by atoms with E-state index in [-0.39, 0.29) is 11.2 Å². The van der Waals surface area contributed by atoms with Crippen molar-refractivity contribution in [3.8, 4) is 0 Å². The van der Waals surface area contributed by atoms with Gasteiger partial charge in [-0.1, -0.05) is 77.3 Å². The van der Waals surface area contributed by atoms with Gasteiger partial charge in [0.1, 0.15) is 0 Å². The zero-order chi connectivity index (χ0) is 15.0. The monoisotopic (exact) mass is 272 g/mol. The number of carbonyl (C=O) groups is 1. The Bertz CT molecular complexity index is 435. The number of allylic oxidation sites excluding steroid dienone is 1. The van der Waals surface area contributed by atoms with Crippen LogP contribution >= 0.6 is 0 Å². The lowest BCUT2D eigenvalue weighted by atomic mass is 9.84. The first-order valence-electron chi connectivity index (χ1n) is 7.75. The Morgan fingerprint density at radius 2 is 1.70 bits per heavy atom. The SMILES string of the molecule is CCCCCC/C(=C\c1ccccc1)C(=O)C(C)(C)C. The van der Waals surface area contributed by atoms with Gasteiger partial charge in [-0.3, -0.25) is 4.79 Å². The molecule has 0 aliphatic rings. The maximum absolute atomic E-state index is 12.6. The minimum atomic E-state index is -0.300. The standard InChI is InChI=1S/C19H28O/c1-5-6-7-11-14-17(18(20)19(2,3)4)15-16-12-9-8-10-13-16/h8-10,12-13,15H,5-7,11,14H2,1-4H3/b17-15+. The highest BCUT2D eigenvalue weighted by atomic mass is 16.1. The molecule has 0 spiro atoms. The first kappa shape index (κ1) is 16.7. The molecular formula is C19H28O. The Morgan fingerprint density at radius 1 is 1.05 bits per heavy atom. The normalized spacial score (nSPS) is 12.5. The van der Waals surface area contributed by atoms with Crippen LogP contribution in [0.2, 0.25) is 0 Å². The van der Waals surface area contributed by atoms with E-state index in [4.69, 9.17) is 0 Å². The molecule has 0 fully saturated rings. The lowest BCUT2D eigenvalue weighted by Crippen LogP contribution is -2.22. The fourth-order valence-electron chi connectivity index (χ4n) is 2.23. The van der Waals surface area contributed by atoms with Crippen LogP contribution in [0.3, 0.4) is 0 Å². The number of hydrogen-bond acceptors (Lipinski definition) is 1. The Morgan fingerprint density at radius 3 is 2.25 bits per heavy atom. The molecule has 0 aliphatic heterocycles. The van der Waals surface area contributed by atoms with Crippen LogP contribution < -0.4 is 0 Å². The van der Waals surface area contributed by atoms with Crippen LogP contribution in [-0.4, -0.2) is 5.78 Å².